The number of hydrogen-bond donors (Lipinski definition) is 1. The molecule has 1 aromatic heterocycles. The molecule has 0 atom stereocenters. The van der Waals surface area contributed by atoms with E-state index in [1.165, 1.54) is 24.7 Å². The second-order valence-electron chi connectivity index (χ2n) is 4.37. The summed E-state index contributed by atoms with van der Waals surface area (Å²) in [5, 5.41) is 2.65. The van der Waals surface area contributed by atoms with Crippen LogP contribution in [0.3, 0.4) is 0 Å². The van der Waals surface area contributed by atoms with Crippen molar-refractivity contribution in [2.75, 3.05) is 33.5 Å². The van der Waals surface area contributed by atoms with Crippen LogP contribution in [0.5, 0.6) is 5.75 Å². The second kappa shape index (κ2) is 6.67. The molecule has 1 aromatic rings. The number of methoxy groups -OCH3 is 1. The predicted molar refractivity (Wildman–Crippen MR) is 75.3 cm³/mol. The normalized spacial score (nSPS) is 11.4. The number of sulfonamides is 1. The first kappa shape index (κ1) is 16.4. The van der Waals surface area contributed by atoms with Gasteiger partial charge in [-0.15, -0.1) is 0 Å². The fourth-order valence-electron chi connectivity index (χ4n) is 1.48. The molecule has 20 heavy (non-hydrogen) atoms. The van der Waals surface area contributed by atoms with Crippen molar-refractivity contribution in [3.05, 3.63) is 23.5 Å². The predicted octanol–water partition coefficient (Wildman–Crippen LogP) is 0.0198. The van der Waals surface area contributed by atoms with Crippen LogP contribution in [0.4, 0.5) is 0 Å². The SMILES string of the molecule is COc1cnc(C)cc1C(=O)NCCN(C)S(C)(=O)=O. The summed E-state index contributed by atoms with van der Waals surface area (Å²) in [4.78, 5) is 16.1. The zero-order chi connectivity index (χ0) is 15.3. The number of hydrogen-bond acceptors (Lipinski definition) is 5. The van der Waals surface area contributed by atoms with Crippen LogP contribution in [0.1, 0.15) is 16.1 Å². The van der Waals surface area contributed by atoms with Gasteiger partial charge in [-0.25, -0.2) is 12.7 Å². The molecule has 0 aromatic carbocycles. The first-order valence-corrected chi connectivity index (χ1v) is 7.80. The van der Waals surface area contributed by atoms with Crippen LogP contribution < -0.4 is 10.1 Å². The van der Waals surface area contributed by atoms with Crippen molar-refractivity contribution in [3.63, 3.8) is 0 Å². The molecule has 0 aliphatic carbocycles. The van der Waals surface area contributed by atoms with Crippen LogP contribution in [-0.2, 0) is 10.0 Å². The van der Waals surface area contributed by atoms with Gasteiger partial charge >= 0.3 is 0 Å². The fraction of sp³-hybridized carbons (Fsp3) is 0.500. The Labute approximate surface area is 119 Å². The molecule has 8 heteroatoms. The molecule has 0 radical (unpaired) electrons. The van der Waals surface area contributed by atoms with Gasteiger partial charge in [-0.05, 0) is 13.0 Å². The van der Waals surface area contributed by atoms with Crippen molar-refractivity contribution in [1.29, 1.82) is 0 Å². The number of ether oxygens (including phenoxy) is 1. The fourth-order valence-corrected chi connectivity index (χ4v) is 1.90. The highest BCUT2D eigenvalue weighted by atomic mass is 32.2. The standard InChI is InChI=1S/C12H19N3O4S/c1-9-7-10(11(19-3)8-14-9)12(16)13-5-6-15(2)20(4,17)18/h7-8H,5-6H2,1-4H3,(H,13,16). The molecule has 0 saturated heterocycles. The van der Waals surface area contributed by atoms with Crippen molar-refractivity contribution in [2.24, 2.45) is 0 Å². The summed E-state index contributed by atoms with van der Waals surface area (Å²) in [6, 6.07) is 1.62. The summed E-state index contributed by atoms with van der Waals surface area (Å²) >= 11 is 0. The van der Waals surface area contributed by atoms with Gasteiger partial charge in [0.15, 0.2) is 0 Å². The number of likely N-dealkylation sites (N-methyl/N-ethyl adjacent to an activating group) is 1. The molecule has 112 valence electrons. The lowest BCUT2D eigenvalue weighted by atomic mass is 10.2. The van der Waals surface area contributed by atoms with E-state index in [0.29, 0.717) is 17.0 Å². The Morgan fingerprint density at radius 3 is 2.70 bits per heavy atom. The Morgan fingerprint density at radius 1 is 1.50 bits per heavy atom. The number of amides is 1. The highest BCUT2D eigenvalue weighted by Crippen LogP contribution is 2.17. The van der Waals surface area contributed by atoms with Crippen molar-refractivity contribution >= 4 is 15.9 Å². The van der Waals surface area contributed by atoms with Gasteiger partial charge in [0.25, 0.3) is 5.91 Å². The van der Waals surface area contributed by atoms with E-state index in [-0.39, 0.29) is 19.0 Å². The van der Waals surface area contributed by atoms with Crippen LogP contribution in [0, 0.1) is 6.92 Å². The van der Waals surface area contributed by atoms with E-state index in [4.69, 9.17) is 4.74 Å². The van der Waals surface area contributed by atoms with Crippen LogP contribution in [0.2, 0.25) is 0 Å². The van der Waals surface area contributed by atoms with E-state index >= 15 is 0 Å². The molecule has 1 N–H and O–H groups in total. The van der Waals surface area contributed by atoms with Crippen molar-refractivity contribution in [3.8, 4) is 5.75 Å². The molecule has 0 spiro atoms. The third-order valence-electron chi connectivity index (χ3n) is 2.75. The molecule has 1 amide bonds. The molecule has 1 rings (SSSR count). The topological polar surface area (TPSA) is 88.6 Å². The van der Waals surface area contributed by atoms with Crippen LogP contribution in [0.25, 0.3) is 0 Å². The minimum Gasteiger partial charge on any atom is -0.494 e. The molecular weight excluding hydrogens is 282 g/mol. The number of aromatic nitrogens is 1. The lowest BCUT2D eigenvalue weighted by Crippen LogP contribution is -2.35. The summed E-state index contributed by atoms with van der Waals surface area (Å²) in [6.45, 7) is 2.19. The Bertz CT molecular complexity index is 586. The zero-order valence-electron chi connectivity index (χ0n) is 12.0. The number of pyridine rings is 1. The quantitative estimate of drug-likeness (QED) is 0.800. The first-order valence-electron chi connectivity index (χ1n) is 5.96. The van der Waals surface area contributed by atoms with E-state index < -0.39 is 10.0 Å². The van der Waals surface area contributed by atoms with Gasteiger partial charge in [0.1, 0.15) is 5.75 Å². The van der Waals surface area contributed by atoms with Gasteiger partial charge in [0.05, 0.1) is 25.1 Å². The summed E-state index contributed by atoms with van der Waals surface area (Å²) in [5.41, 5.74) is 1.08. The Kier molecular flexibility index (Phi) is 5.46. The minimum atomic E-state index is -3.24. The maximum atomic E-state index is 12.0. The molecule has 0 saturated carbocycles. The number of nitrogens with zero attached hydrogens (tertiary/aromatic N) is 2. The number of carbonyl (C=O) groups is 1. The Morgan fingerprint density at radius 2 is 2.15 bits per heavy atom. The van der Waals surface area contributed by atoms with E-state index in [0.717, 1.165) is 6.26 Å². The lowest BCUT2D eigenvalue weighted by Gasteiger charge is -2.15. The zero-order valence-corrected chi connectivity index (χ0v) is 12.8. The average molecular weight is 301 g/mol. The lowest BCUT2D eigenvalue weighted by molar-refractivity contribution is 0.0949. The maximum absolute atomic E-state index is 12.0. The van der Waals surface area contributed by atoms with Gasteiger partial charge in [-0.1, -0.05) is 0 Å². The summed E-state index contributed by atoms with van der Waals surface area (Å²) in [6.07, 6.45) is 2.59. The molecule has 1 heterocycles. The Balaban J connectivity index is 2.66. The second-order valence-corrected chi connectivity index (χ2v) is 6.46. The highest BCUT2D eigenvalue weighted by Gasteiger charge is 2.14. The largest absolute Gasteiger partial charge is 0.494 e. The van der Waals surface area contributed by atoms with Crippen LogP contribution >= 0.6 is 0 Å². The average Bonchev–Trinajstić information content (AvgIpc) is 2.37. The number of aryl methyl sites for hydroxylation is 1. The monoisotopic (exact) mass is 301 g/mol. The molecule has 0 fully saturated rings. The molecule has 7 nitrogen and oxygen atoms in total. The van der Waals surface area contributed by atoms with Gasteiger partial charge in [0, 0.05) is 25.8 Å². The smallest absolute Gasteiger partial charge is 0.255 e. The molecule has 0 unspecified atom stereocenters. The van der Waals surface area contributed by atoms with Crippen molar-refractivity contribution in [2.45, 2.75) is 6.92 Å². The molecule has 0 aliphatic rings. The first-order chi connectivity index (χ1) is 9.25. The van der Waals surface area contributed by atoms with Gasteiger partial charge < -0.3 is 10.1 Å². The minimum absolute atomic E-state index is 0.205. The molecule has 0 aliphatic heterocycles. The van der Waals surface area contributed by atoms with E-state index in [2.05, 4.69) is 10.3 Å². The van der Waals surface area contributed by atoms with Crippen LogP contribution in [0.15, 0.2) is 12.3 Å². The van der Waals surface area contributed by atoms with Gasteiger partial charge in [-0.3, -0.25) is 9.78 Å². The highest BCUT2D eigenvalue weighted by molar-refractivity contribution is 7.88. The Hall–Kier alpha value is -1.67. The van der Waals surface area contributed by atoms with Crippen LogP contribution in [-0.4, -0.2) is 57.1 Å². The number of rotatable bonds is 6. The number of carbonyl (C=O) groups excluding carboxylic acids is 1. The third kappa shape index (κ3) is 4.46. The third-order valence-corrected chi connectivity index (χ3v) is 4.06. The summed E-state index contributed by atoms with van der Waals surface area (Å²) in [7, 11) is -0.322. The van der Waals surface area contributed by atoms with E-state index in [1.54, 1.807) is 13.0 Å². The van der Waals surface area contributed by atoms with E-state index in [1.807, 2.05) is 0 Å². The maximum Gasteiger partial charge on any atom is 0.255 e. The van der Waals surface area contributed by atoms with Crippen molar-refractivity contribution in [1.82, 2.24) is 14.6 Å². The molecular formula is C12H19N3O4S. The van der Waals surface area contributed by atoms with Gasteiger partial charge in [0.2, 0.25) is 10.0 Å². The van der Waals surface area contributed by atoms with Crippen molar-refractivity contribution < 1.29 is 17.9 Å². The summed E-state index contributed by atoms with van der Waals surface area (Å²) in [5.74, 6) is 0.0545. The van der Waals surface area contributed by atoms with Gasteiger partial charge in [-0.2, -0.15) is 0 Å². The molecule has 0 bridgehead atoms. The summed E-state index contributed by atoms with van der Waals surface area (Å²) < 4.78 is 28.7. The van der Waals surface area contributed by atoms with E-state index in [9.17, 15) is 13.2 Å². The number of nitrogens with one attached hydrogen (secondary N) is 1.